The van der Waals surface area contributed by atoms with E-state index >= 15 is 0 Å². The lowest BCUT2D eigenvalue weighted by molar-refractivity contribution is 0.191. The molecule has 0 aliphatic carbocycles. The number of nitrogens with zero attached hydrogens (tertiary/aromatic N) is 3. The second-order valence-corrected chi connectivity index (χ2v) is 8.57. The van der Waals surface area contributed by atoms with Crippen LogP contribution in [0.15, 0.2) is 29.3 Å². The number of rotatable bonds is 5. The number of likely N-dealkylation sites (tertiary alicyclic amines) is 1. The maximum atomic E-state index is 4.47. The predicted octanol–water partition coefficient (Wildman–Crippen LogP) is 2.33. The molecule has 0 aromatic heterocycles. The number of fused-ring (bicyclic) bond motifs is 1. The predicted molar refractivity (Wildman–Crippen MR) is 114 cm³/mol. The molecule has 3 rings (SSSR count). The van der Waals surface area contributed by atoms with Gasteiger partial charge in [0.05, 0.1) is 0 Å². The van der Waals surface area contributed by atoms with E-state index < -0.39 is 0 Å². The van der Waals surface area contributed by atoms with Gasteiger partial charge in [0, 0.05) is 57.9 Å². The minimum atomic E-state index is 0.468. The van der Waals surface area contributed by atoms with Gasteiger partial charge in [-0.3, -0.25) is 14.8 Å². The van der Waals surface area contributed by atoms with Gasteiger partial charge in [0.25, 0.3) is 0 Å². The first-order valence-electron chi connectivity index (χ1n) is 10.5. The molecule has 1 fully saturated rings. The van der Waals surface area contributed by atoms with Crippen molar-refractivity contribution in [2.24, 2.45) is 10.9 Å². The van der Waals surface area contributed by atoms with E-state index in [4.69, 9.17) is 0 Å². The molecule has 2 N–H and O–H groups in total. The SMILES string of the molecule is CN=C(NCC(C)N1CCc2ccccc2C1)NC1CN(C(C)C)CC1C. The Morgan fingerprint density at radius 1 is 1.15 bits per heavy atom. The van der Waals surface area contributed by atoms with E-state index in [9.17, 15) is 0 Å². The van der Waals surface area contributed by atoms with E-state index in [1.54, 1.807) is 0 Å². The monoisotopic (exact) mass is 371 g/mol. The van der Waals surface area contributed by atoms with Gasteiger partial charge in [-0.05, 0) is 44.2 Å². The highest BCUT2D eigenvalue weighted by Crippen LogP contribution is 2.20. The Labute approximate surface area is 165 Å². The zero-order valence-electron chi connectivity index (χ0n) is 17.7. The average molecular weight is 372 g/mol. The van der Waals surface area contributed by atoms with Crippen molar-refractivity contribution in [3.05, 3.63) is 35.4 Å². The van der Waals surface area contributed by atoms with Crippen molar-refractivity contribution in [3.8, 4) is 0 Å². The highest BCUT2D eigenvalue weighted by atomic mass is 15.3. The van der Waals surface area contributed by atoms with Gasteiger partial charge in [0.1, 0.15) is 0 Å². The van der Waals surface area contributed by atoms with Crippen LogP contribution in [0.25, 0.3) is 0 Å². The summed E-state index contributed by atoms with van der Waals surface area (Å²) in [5.74, 6) is 1.57. The van der Waals surface area contributed by atoms with Gasteiger partial charge in [-0.2, -0.15) is 0 Å². The Morgan fingerprint density at radius 3 is 2.56 bits per heavy atom. The van der Waals surface area contributed by atoms with Crippen LogP contribution < -0.4 is 10.6 Å². The normalized spacial score (nSPS) is 25.5. The van der Waals surface area contributed by atoms with Crippen LogP contribution in [0.3, 0.4) is 0 Å². The summed E-state index contributed by atoms with van der Waals surface area (Å²) in [5.41, 5.74) is 2.99. The van der Waals surface area contributed by atoms with Crippen LogP contribution in [-0.4, -0.2) is 67.1 Å². The van der Waals surface area contributed by atoms with E-state index in [0.717, 1.165) is 45.1 Å². The van der Waals surface area contributed by atoms with Crippen LogP contribution in [0.1, 0.15) is 38.8 Å². The first kappa shape index (κ1) is 20.2. The van der Waals surface area contributed by atoms with Gasteiger partial charge in [0.2, 0.25) is 0 Å². The zero-order chi connectivity index (χ0) is 19.4. The van der Waals surface area contributed by atoms with Crippen molar-refractivity contribution in [1.82, 2.24) is 20.4 Å². The van der Waals surface area contributed by atoms with Crippen molar-refractivity contribution in [2.75, 3.05) is 33.2 Å². The van der Waals surface area contributed by atoms with Crippen LogP contribution in [0.4, 0.5) is 0 Å². The van der Waals surface area contributed by atoms with E-state index in [1.807, 2.05) is 7.05 Å². The third-order valence-corrected chi connectivity index (χ3v) is 6.27. The molecule has 1 aromatic carbocycles. The van der Waals surface area contributed by atoms with Crippen molar-refractivity contribution < 1.29 is 0 Å². The molecule has 2 aliphatic heterocycles. The van der Waals surface area contributed by atoms with E-state index in [2.05, 4.69) is 77.4 Å². The van der Waals surface area contributed by atoms with Crippen LogP contribution >= 0.6 is 0 Å². The summed E-state index contributed by atoms with van der Waals surface area (Å²) in [6, 6.07) is 10.4. The highest BCUT2D eigenvalue weighted by molar-refractivity contribution is 5.80. The molecule has 27 heavy (non-hydrogen) atoms. The van der Waals surface area contributed by atoms with Crippen molar-refractivity contribution in [3.63, 3.8) is 0 Å². The Morgan fingerprint density at radius 2 is 1.89 bits per heavy atom. The van der Waals surface area contributed by atoms with Gasteiger partial charge in [-0.15, -0.1) is 0 Å². The molecule has 3 unspecified atom stereocenters. The summed E-state index contributed by atoms with van der Waals surface area (Å²) in [7, 11) is 1.87. The molecule has 5 nitrogen and oxygen atoms in total. The van der Waals surface area contributed by atoms with Crippen LogP contribution in [0.5, 0.6) is 0 Å². The summed E-state index contributed by atoms with van der Waals surface area (Å²) in [5, 5.41) is 7.21. The number of hydrogen-bond donors (Lipinski definition) is 2. The van der Waals surface area contributed by atoms with Gasteiger partial charge in [-0.25, -0.2) is 0 Å². The lowest BCUT2D eigenvalue weighted by Gasteiger charge is -2.34. The quantitative estimate of drug-likeness (QED) is 0.616. The van der Waals surface area contributed by atoms with Crippen LogP contribution in [-0.2, 0) is 13.0 Å². The lowest BCUT2D eigenvalue weighted by Crippen LogP contribution is -2.50. The lowest BCUT2D eigenvalue weighted by atomic mass is 9.99. The van der Waals surface area contributed by atoms with Crippen LogP contribution in [0.2, 0.25) is 0 Å². The fourth-order valence-corrected chi connectivity index (χ4v) is 4.25. The van der Waals surface area contributed by atoms with Crippen LogP contribution in [0, 0.1) is 5.92 Å². The minimum absolute atomic E-state index is 0.468. The number of nitrogens with one attached hydrogen (secondary N) is 2. The van der Waals surface area contributed by atoms with E-state index in [0.29, 0.717) is 24.0 Å². The minimum Gasteiger partial charge on any atom is -0.355 e. The molecule has 1 aromatic rings. The molecule has 0 saturated carbocycles. The van der Waals surface area contributed by atoms with E-state index in [-0.39, 0.29) is 0 Å². The van der Waals surface area contributed by atoms with Gasteiger partial charge < -0.3 is 10.6 Å². The Kier molecular flexibility index (Phi) is 6.77. The standard InChI is InChI=1S/C22H37N5/c1-16(2)27-13-17(3)21(15-27)25-22(23-5)24-12-18(4)26-11-10-19-8-6-7-9-20(19)14-26/h6-9,16-18,21H,10-15H2,1-5H3,(H2,23,24,25). The maximum absolute atomic E-state index is 4.47. The largest absolute Gasteiger partial charge is 0.355 e. The van der Waals surface area contributed by atoms with E-state index in [1.165, 1.54) is 11.1 Å². The second-order valence-electron chi connectivity index (χ2n) is 8.57. The molecule has 2 aliphatic rings. The third kappa shape index (κ3) is 5.02. The molecule has 1 saturated heterocycles. The number of benzene rings is 1. The summed E-state index contributed by atoms with van der Waals surface area (Å²) >= 11 is 0. The van der Waals surface area contributed by atoms with Gasteiger partial charge >= 0.3 is 0 Å². The molecule has 2 heterocycles. The fourth-order valence-electron chi connectivity index (χ4n) is 4.25. The molecule has 3 atom stereocenters. The smallest absolute Gasteiger partial charge is 0.191 e. The number of guanidine groups is 1. The second kappa shape index (κ2) is 9.07. The average Bonchev–Trinajstić information content (AvgIpc) is 3.05. The number of aliphatic imine (C=N–C) groups is 1. The maximum Gasteiger partial charge on any atom is 0.191 e. The third-order valence-electron chi connectivity index (χ3n) is 6.27. The Balaban J connectivity index is 1.48. The topological polar surface area (TPSA) is 42.9 Å². The summed E-state index contributed by atoms with van der Waals surface area (Å²) in [6.45, 7) is 14.6. The fraction of sp³-hybridized carbons (Fsp3) is 0.682. The highest BCUT2D eigenvalue weighted by Gasteiger charge is 2.31. The Hall–Kier alpha value is -1.59. The molecule has 0 radical (unpaired) electrons. The molecular formula is C22H37N5. The zero-order valence-corrected chi connectivity index (χ0v) is 17.7. The van der Waals surface area contributed by atoms with Gasteiger partial charge in [-0.1, -0.05) is 31.2 Å². The number of hydrogen-bond acceptors (Lipinski definition) is 3. The summed E-state index contributed by atoms with van der Waals surface area (Å²) < 4.78 is 0. The molecular weight excluding hydrogens is 334 g/mol. The molecule has 0 amide bonds. The first-order chi connectivity index (χ1) is 13.0. The first-order valence-corrected chi connectivity index (χ1v) is 10.5. The molecule has 0 spiro atoms. The Bertz CT molecular complexity index is 641. The molecule has 150 valence electrons. The van der Waals surface area contributed by atoms with Gasteiger partial charge in [0.15, 0.2) is 5.96 Å². The summed E-state index contributed by atoms with van der Waals surface area (Å²) in [6.07, 6.45) is 1.15. The van der Waals surface area contributed by atoms with Crippen molar-refractivity contribution >= 4 is 5.96 Å². The molecule has 5 heteroatoms. The van der Waals surface area contributed by atoms with Crippen molar-refractivity contribution in [2.45, 2.75) is 58.8 Å². The summed E-state index contributed by atoms with van der Waals surface area (Å²) in [4.78, 5) is 9.58. The van der Waals surface area contributed by atoms with Crippen molar-refractivity contribution in [1.29, 1.82) is 0 Å². The molecule has 0 bridgehead atoms.